The van der Waals surface area contributed by atoms with Crippen LogP contribution < -0.4 is 0 Å². The Morgan fingerprint density at radius 2 is 2.07 bits per heavy atom. The highest BCUT2D eigenvalue weighted by Gasteiger charge is 2.07. The van der Waals surface area contributed by atoms with E-state index < -0.39 is 0 Å². The molecule has 0 aliphatic heterocycles. The van der Waals surface area contributed by atoms with Crippen molar-refractivity contribution in [3.05, 3.63) is 23.3 Å². The summed E-state index contributed by atoms with van der Waals surface area (Å²) in [5.41, 5.74) is 2.19. The fraction of sp³-hybridized carbons (Fsp3) is 0.636. The molecule has 15 heavy (non-hydrogen) atoms. The van der Waals surface area contributed by atoms with Crippen LogP contribution in [-0.4, -0.2) is 28.5 Å². The SMILES string of the molecule is CCc1cc(CC(Br)COC)nc(C)n1. The number of aromatic nitrogens is 2. The number of hydrogen-bond acceptors (Lipinski definition) is 3. The maximum absolute atomic E-state index is 5.07. The Labute approximate surface area is 99.4 Å². The van der Waals surface area contributed by atoms with Crippen molar-refractivity contribution in [2.45, 2.75) is 31.5 Å². The summed E-state index contributed by atoms with van der Waals surface area (Å²) in [7, 11) is 1.71. The number of methoxy groups -OCH3 is 1. The number of halogens is 1. The van der Waals surface area contributed by atoms with Crippen LogP contribution in [0.4, 0.5) is 0 Å². The Hall–Kier alpha value is -0.480. The molecule has 0 saturated carbocycles. The molecule has 1 aromatic rings. The van der Waals surface area contributed by atoms with E-state index in [0.717, 1.165) is 30.1 Å². The standard InChI is InChI=1S/C11H17BrN2O/c1-4-10-6-11(14-8(2)13-10)5-9(12)7-15-3/h6,9H,4-5,7H2,1-3H3. The number of ether oxygens (including phenoxy) is 1. The minimum atomic E-state index is 0.321. The van der Waals surface area contributed by atoms with E-state index in [1.807, 2.05) is 6.92 Å². The summed E-state index contributed by atoms with van der Waals surface area (Å²) in [4.78, 5) is 9.08. The molecule has 0 saturated heterocycles. The monoisotopic (exact) mass is 272 g/mol. The van der Waals surface area contributed by atoms with Crippen LogP contribution in [0.1, 0.15) is 24.1 Å². The molecule has 0 aliphatic rings. The summed E-state index contributed by atoms with van der Waals surface area (Å²) in [5.74, 6) is 0.849. The fourth-order valence-electron chi connectivity index (χ4n) is 1.45. The van der Waals surface area contributed by atoms with Crippen molar-refractivity contribution in [3.8, 4) is 0 Å². The van der Waals surface area contributed by atoms with Gasteiger partial charge in [0.1, 0.15) is 5.82 Å². The predicted octanol–water partition coefficient (Wildman–Crippen LogP) is 2.30. The molecule has 4 heteroatoms. The van der Waals surface area contributed by atoms with E-state index >= 15 is 0 Å². The molecule has 3 nitrogen and oxygen atoms in total. The van der Waals surface area contributed by atoms with Gasteiger partial charge in [-0.3, -0.25) is 0 Å². The van der Waals surface area contributed by atoms with Gasteiger partial charge in [0, 0.05) is 29.7 Å². The van der Waals surface area contributed by atoms with Gasteiger partial charge in [0.2, 0.25) is 0 Å². The highest BCUT2D eigenvalue weighted by atomic mass is 79.9. The van der Waals surface area contributed by atoms with Gasteiger partial charge >= 0.3 is 0 Å². The molecule has 0 bridgehead atoms. The second-order valence-electron chi connectivity index (χ2n) is 3.51. The quantitative estimate of drug-likeness (QED) is 0.772. The maximum atomic E-state index is 5.07. The van der Waals surface area contributed by atoms with Gasteiger partial charge in [-0.2, -0.15) is 0 Å². The van der Waals surface area contributed by atoms with E-state index in [-0.39, 0.29) is 0 Å². The van der Waals surface area contributed by atoms with Gasteiger partial charge in [-0.25, -0.2) is 9.97 Å². The van der Waals surface area contributed by atoms with Crippen molar-refractivity contribution >= 4 is 15.9 Å². The van der Waals surface area contributed by atoms with E-state index in [1.54, 1.807) is 7.11 Å². The fourth-order valence-corrected chi connectivity index (χ4v) is 2.05. The van der Waals surface area contributed by atoms with Crippen molar-refractivity contribution in [2.24, 2.45) is 0 Å². The molecule has 0 radical (unpaired) electrons. The zero-order chi connectivity index (χ0) is 11.3. The lowest BCUT2D eigenvalue weighted by atomic mass is 10.2. The van der Waals surface area contributed by atoms with Gasteiger partial charge in [-0.15, -0.1) is 0 Å². The third-order valence-corrected chi connectivity index (χ3v) is 2.67. The Morgan fingerprint density at radius 3 is 2.67 bits per heavy atom. The number of alkyl halides is 1. The van der Waals surface area contributed by atoms with Crippen LogP contribution in [0.2, 0.25) is 0 Å². The van der Waals surface area contributed by atoms with Crippen molar-refractivity contribution in [1.82, 2.24) is 9.97 Å². The first-order valence-electron chi connectivity index (χ1n) is 5.12. The van der Waals surface area contributed by atoms with Gasteiger partial charge in [0.15, 0.2) is 0 Å². The Morgan fingerprint density at radius 1 is 1.40 bits per heavy atom. The molecule has 1 aromatic heterocycles. The lowest BCUT2D eigenvalue weighted by molar-refractivity contribution is 0.200. The third kappa shape index (κ3) is 4.26. The van der Waals surface area contributed by atoms with Crippen molar-refractivity contribution in [1.29, 1.82) is 0 Å². The first-order valence-corrected chi connectivity index (χ1v) is 6.03. The molecular formula is C11H17BrN2O. The predicted molar refractivity (Wildman–Crippen MR) is 64.4 cm³/mol. The van der Waals surface area contributed by atoms with Crippen LogP contribution in [0.5, 0.6) is 0 Å². The van der Waals surface area contributed by atoms with Crippen LogP contribution in [0.3, 0.4) is 0 Å². The van der Waals surface area contributed by atoms with Gasteiger partial charge in [-0.05, 0) is 19.4 Å². The minimum absolute atomic E-state index is 0.321. The topological polar surface area (TPSA) is 35.0 Å². The molecule has 1 rings (SSSR count). The molecule has 1 unspecified atom stereocenters. The molecule has 0 aromatic carbocycles. The number of rotatable bonds is 5. The minimum Gasteiger partial charge on any atom is -0.384 e. The maximum Gasteiger partial charge on any atom is 0.125 e. The van der Waals surface area contributed by atoms with Gasteiger partial charge in [0.25, 0.3) is 0 Å². The summed E-state index contributed by atoms with van der Waals surface area (Å²) in [6.07, 6.45) is 1.83. The lowest BCUT2D eigenvalue weighted by Gasteiger charge is -2.09. The second kappa shape index (κ2) is 6.18. The first kappa shape index (κ1) is 12.6. The molecule has 0 spiro atoms. The average Bonchev–Trinajstić information content (AvgIpc) is 2.17. The Kier molecular flexibility index (Phi) is 5.19. The summed E-state index contributed by atoms with van der Waals surface area (Å²) in [6.45, 7) is 4.74. The Balaban J connectivity index is 2.71. The van der Waals surface area contributed by atoms with E-state index in [0.29, 0.717) is 11.4 Å². The van der Waals surface area contributed by atoms with Crippen LogP contribution in [-0.2, 0) is 17.6 Å². The van der Waals surface area contributed by atoms with E-state index in [4.69, 9.17) is 4.74 Å². The molecule has 84 valence electrons. The average molecular weight is 273 g/mol. The lowest BCUT2D eigenvalue weighted by Crippen LogP contribution is -2.12. The molecule has 0 aliphatic carbocycles. The van der Waals surface area contributed by atoms with Gasteiger partial charge < -0.3 is 4.74 Å². The highest BCUT2D eigenvalue weighted by molar-refractivity contribution is 9.09. The number of hydrogen-bond donors (Lipinski definition) is 0. The van der Waals surface area contributed by atoms with E-state index in [2.05, 4.69) is 38.9 Å². The second-order valence-corrected chi connectivity index (χ2v) is 4.80. The molecule has 0 amide bonds. The molecule has 1 heterocycles. The smallest absolute Gasteiger partial charge is 0.125 e. The van der Waals surface area contributed by atoms with Crippen molar-refractivity contribution in [2.75, 3.05) is 13.7 Å². The van der Waals surface area contributed by atoms with Crippen molar-refractivity contribution in [3.63, 3.8) is 0 Å². The zero-order valence-electron chi connectivity index (χ0n) is 9.46. The molecule has 1 atom stereocenters. The van der Waals surface area contributed by atoms with Crippen LogP contribution >= 0.6 is 15.9 Å². The van der Waals surface area contributed by atoms with Gasteiger partial charge in [-0.1, -0.05) is 22.9 Å². The van der Waals surface area contributed by atoms with Gasteiger partial charge in [0.05, 0.1) is 6.61 Å². The normalized spacial score (nSPS) is 12.8. The summed E-state index contributed by atoms with van der Waals surface area (Å²) < 4.78 is 5.07. The largest absolute Gasteiger partial charge is 0.384 e. The summed E-state index contributed by atoms with van der Waals surface area (Å²) >= 11 is 3.56. The highest BCUT2D eigenvalue weighted by Crippen LogP contribution is 2.10. The molecule has 0 fully saturated rings. The molecule has 0 N–H and O–H groups in total. The molecular weight excluding hydrogens is 256 g/mol. The number of nitrogens with zero attached hydrogens (tertiary/aromatic N) is 2. The number of aryl methyl sites for hydroxylation is 2. The first-order chi connectivity index (χ1) is 7.15. The van der Waals surface area contributed by atoms with Crippen LogP contribution in [0.25, 0.3) is 0 Å². The third-order valence-electron chi connectivity index (χ3n) is 2.08. The summed E-state index contributed by atoms with van der Waals surface area (Å²) in [5, 5.41) is 0. The van der Waals surface area contributed by atoms with E-state index in [9.17, 15) is 0 Å². The zero-order valence-corrected chi connectivity index (χ0v) is 11.0. The van der Waals surface area contributed by atoms with Crippen molar-refractivity contribution < 1.29 is 4.74 Å². The summed E-state index contributed by atoms with van der Waals surface area (Å²) in [6, 6.07) is 2.07. The Bertz CT molecular complexity index is 317. The van der Waals surface area contributed by atoms with Crippen LogP contribution in [0.15, 0.2) is 6.07 Å². The van der Waals surface area contributed by atoms with E-state index in [1.165, 1.54) is 0 Å². The van der Waals surface area contributed by atoms with Crippen LogP contribution in [0, 0.1) is 6.92 Å².